The van der Waals surface area contributed by atoms with Crippen LogP contribution < -0.4 is 0 Å². The molecule has 0 aliphatic heterocycles. The summed E-state index contributed by atoms with van der Waals surface area (Å²) >= 11 is 0. The topological polar surface area (TPSA) is 115 Å². The first kappa shape index (κ1) is 17.0. The molecule has 0 heterocycles. The number of aliphatic carboxylic acids is 2. The Bertz CT molecular complexity index is 205. The highest BCUT2D eigenvalue weighted by Crippen LogP contribution is 1.99. The van der Waals surface area contributed by atoms with E-state index in [1.807, 2.05) is 0 Å². The van der Waals surface area contributed by atoms with Crippen molar-refractivity contribution in [2.45, 2.75) is 38.9 Å². The largest absolute Gasteiger partial charge is 0.478 e. The second kappa shape index (κ2) is 11.7. The van der Waals surface area contributed by atoms with Gasteiger partial charge in [-0.2, -0.15) is 0 Å². The van der Waals surface area contributed by atoms with Gasteiger partial charge in [0, 0.05) is 12.2 Å². The maximum atomic E-state index is 9.55. The second-order valence-electron chi connectivity index (χ2n) is 2.99. The van der Waals surface area contributed by atoms with E-state index in [9.17, 15) is 9.59 Å². The zero-order valence-corrected chi connectivity index (χ0v) is 9.17. The summed E-state index contributed by atoms with van der Waals surface area (Å²) in [6.45, 7) is 2.09. The molecule has 0 radical (unpaired) electrons. The van der Waals surface area contributed by atoms with Crippen LogP contribution in [0.4, 0.5) is 0 Å². The third kappa shape index (κ3) is 22.9. The summed E-state index contributed by atoms with van der Waals surface area (Å²) in [6, 6.07) is 0. The number of carboxylic acid groups (broad SMARTS) is 2. The van der Waals surface area contributed by atoms with E-state index in [1.54, 1.807) is 0 Å². The molecule has 0 aliphatic rings. The third-order valence-corrected chi connectivity index (χ3v) is 1.43. The molecule has 0 spiro atoms. The first-order chi connectivity index (χ1) is 7.40. The Kier molecular flexibility index (Phi) is 12.4. The molecule has 0 saturated carbocycles. The van der Waals surface area contributed by atoms with Gasteiger partial charge in [0.15, 0.2) is 6.29 Å². The lowest BCUT2D eigenvalue weighted by Crippen LogP contribution is -2.02. The summed E-state index contributed by atoms with van der Waals surface area (Å²) in [5, 5.41) is 32.3. The highest BCUT2D eigenvalue weighted by molar-refractivity contribution is 5.89. The van der Waals surface area contributed by atoms with Crippen LogP contribution in [0.15, 0.2) is 12.2 Å². The molecular formula is C10H18O6. The summed E-state index contributed by atoms with van der Waals surface area (Å²) < 4.78 is 0. The average molecular weight is 234 g/mol. The van der Waals surface area contributed by atoms with Crippen LogP contribution in [0, 0.1) is 0 Å². The zero-order chi connectivity index (χ0) is 13.0. The van der Waals surface area contributed by atoms with E-state index in [0.29, 0.717) is 18.6 Å². The Morgan fingerprint density at radius 1 is 1.06 bits per heavy atom. The summed E-state index contributed by atoms with van der Waals surface area (Å²) in [5.41, 5.74) is 0. The number of aliphatic hydroxyl groups is 2. The van der Waals surface area contributed by atoms with Gasteiger partial charge < -0.3 is 20.4 Å². The Labute approximate surface area is 93.8 Å². The van der Waals surface area contributed by atoms with Crippen molar-refractivity contribution in [2.75, 3.05) is 0 Å². The minimum absolute atomic E-state index is 0.522. The number of carboxylic acids is 2. The Morgan fingerprint density at radius 3 is 1.75 bits per heavy atom. The van der Waals surface area contributed by atoms with E-state index < -0.39 is 18.2 Å². The highest BCUT2D eigenvalue weighted by Gasteiger charge is 1.93. The maximum Gasteiger partial charge on any atom is 0.328 e. The van der Waals surface area contributed by atoms with Crippen LogP contribution in [0.1, 0.15) is 32.6 Å². The summed E-state index contributed by atoms with van der Waals surface area (Å²) in [6.07, 6.45) is 3.69. The lowest BCUT2D eigenvalue weighted by atomic mass is 10.2. The Hall–Kier alpha value is -1.40. The molecule has 4 N–H and O–H groups in total. The molecule has 0 aliphatic carbocycles. The monoisotopic (exact) mass is 234 g/mol. The molecule has 0 aromatic carbocycles. The van der Waals surface area contributed by atoms with Crippen LogP contribution in [-0.2, 0) is 9.59 Å². The van der Waals surface area contributed by atoms with Crippen LogP contribution in [0.3, 0.4) is 0 Å². The van der Waals surface area contributed by atoms with E-state index in [1.165, 1.54) is 0 Å². The molecule has 94 valence electrons. The predicted octanol–water partition coefficient (Wildman–Crippen LogP) is 0.589. The standard InChI is InChI=1S/C6H14O2.C4H4O4/c1-2-3-4-5-6(7)8;5-3(6)1-2-4(7)8/h6-8H,2-5H2,1H3;1-2H,(H,5,6)(H,7,8). The minimum Gasteiger partial charge on any atom is -0.478 e. The quantitative estimate of drug-likeness (QED) is 0.304. The molecule has 6 heteroatoms. The van der Waals surface area contributed by atoms with Crippen LogP contribution in [0.25, 0.3) is 0 Å². The summed E-state index contributed by atoms with van der Waals surface area (Å²) in [4.78, 5) is 19.1. The lowest BCUT2D eigenvalue weighted by Gasteiger charge is -1.99. The van der Waals surface area contributed by atoms with Crippen molar-refractivity contribution in [3.63, 3.8) is 0 Å². The van der Waals surface area contributed by atoms with Gasteiger partial charge in [0.2, 0.25) is 0 Å². The van der Waals surface area contributed by atoms with Crippen LogP contribution in [0.5, 0.6) is 0 Å². The molecule has 0 aromatic heterocycles. The molecular weight excluding hydrogens is 216 g/mol. The fourth-order valence-corrected chi connectivity index (χ4v) is 0.719. The molecule has 0 unspecified atom stereocenters. The van der Waals surface area contributed by atoms with Crippen molar-refractivity contribution >= 4 is 11.9 Å². The molecule has 0 fully saturated rings. The van der Waals surface area contributed by atoms with Gasteiger partial charge in [-0.1, -0.05) is 19.8 Å². The van der Waals surface area contributed by atoms with Gasteiger partial charge in [0.05, 0.1) is 0 Å². The Morgan fingerprint density at radius 2 is 1.50 bits per heavy atom. The molecule has 0 aromatic rings. The van der Waals surface area contributed by atoms with Crippen LogP contribution in [-0.4, -0.2) is 38.7 Å². The maximum absolute atomic E-state index is 9.55. The van der Waals surface area contributed by atoms with Crippen molar-refractivity contribution in [1.29, 1.82) is 0 Å². The minimum atomic E-state index is -1.26. The molecule has 0 atom stereocenters. The van der Waals surface area contributed by atoms with Gasteiger partial charge in [0.25, 0.3) is 0 Å². The van der Waals surface area contributed by atoms with E-state index in [2.05, 4.69) is 6.92 Å². The second-order valence-corrected chi connectivity index (χ2v) is 2.99. The number of hydrogen-bond donors (Lipinski definition) is 4. The van der Waals surface area contributed by atoms with Gasteiger partial charge in [0.1, 0.15) is 0 Å². The number of aliphatic hydroxyl groups excluding tert-OH is 1. The smallest absolute Gasteiger partial charge is 0.328 e. The zero-order valence-electron chi connectivity index (χ0n) is 9.17. The van der Waals surface area contributed by atoms with Crippen molar-refractivity contribution in [1.82, 2.24) is 0 Å². The molecule has 0 rings (SSSR count). The number of carbonyl (C=O) groups is 2. The number of unbranched alkanes of at least 4 members (excludes halogenated alkanes) is 2. The SMILES string of the molecule is CCCCCC(O)O.O=C(O)C=CC(=O)O. The van der Waals surface area contributed by atoms with Crippen molar-refractivity contribution in [3.8, 4) is 0 Å². The van der Waals surface area contributed by atoms with E-state index >= 15 is 0 Å². The molecule has 6 nitrogen and oxygen atoms in total. The molecule has 16 heavy (non-hydrogen) atoms. The van der Waals surface area contributed by atoms with Crippen molar-refractivity contribution in [2.24, 2.45) is 0 Å². The lowest BCUT2D eigenvalue weighted by molar-refractivity contribution is -0.134. The van der Waals surface area contributed by atoms with E-state index in [-0.39, 0.29) is 0 Å². The van der Waals surface area contributed by atoms with Crippen LogP contribution in [0.2, 0.25) is 0 Å². The molecule has 0 bridgehead atoms. The average Bonchev–Trinajstić information content (AvgIpc) is 2.16. The first-order valence-electron chi connectivity index (χ1n) is 4.90. The van der Waals surface area contributed by atoms with Gasteiger partial charge >= 0.3 is 11.9 Å². The molecule has 0 amide bonds. The van der Waals surface area contributed by atoms with Crippen molar-refractivity contribution < 1.29 is 30.0 Å². The van der Waals surface area contributed by atoms with Gasteiger partial charge in [-0.15, -0.1) is 0 Å². The van der Waals surface area contributed by atoms with Crippen molar-refractivity contribution in [3.05, 3.63) is 12.2 Å². The number of rotatable bonds is 6. The third-order valence-electron chi connectivity index (χ3n) is 1.43. The Balaban J connectivity index is 0. The summed E-state index contributed by atoms with van der Waals surface area (Å²) in [7, 11) is 0. The normalized spacial score (nSPS) is 10.0. The van der Waals surface area contributed by atoms with E-state index in [0.717, 1.165) is 19.3 Å². The van der Waals surface area contributed by atoms with Gasteiger partial charge in [-0.05, 0) is 12.8 Å². The summed E-state index contributed by atoms with van der Waals surface area (Å²) in [5.74, 6) is -2.51. The fraction of sp³-hybridized carbons (Fsp3) is 0.600. The van der Waals surface area contributed by atoms with E-state index in [4.69, 9.17) is 20.4 Å². The van der Waals surface area contributed by atoms with Gasteiger partial charge in [-0.25, -0.2) is 9.59 Å². The first-order valence-corrected chi connectivity index (χ1v) is 4.90. The predicted molar refractivity (Wildman–Crippen MR) is 56.8 cm³/mol. The molecule has 0 saturated heterocycles. The number of hydrogen-bond acceptors (Lipinski definition) is 4. The van der Waals surface area contributed by atoms with Crippen LogP contribution >= 0.6 is 0 Å². The fourth-order valence-electron chi connectivity index (χ4n) is 0.719. The van der Waals surface area contributed by atoms with Gasteiger partial charge in [-0.3, -0.25) is 0 Å². The highest BCUT2D eigenvalue weighted by atomic mass is 16.5.